The van der Waals surface area contributed by atoms with Gasteiger partial charge in [-0.1, -0.05) is 47.3 Å². The van der Waals surface area contributed by atoms with Crippen molar-refractivity contribution in [3.63, 3.8) is 0 Å². The van der Waals surface area contributed by atoms with Crippen LogP contribution in [-0.4, -0.2) is 38.6 Å². The molecular weight excluding hydrogens is 388 g/mol. The van der Waals surface area contributed by atoms with Crippen molar-refractivity contribution in [2.45, 2.75) is 49.7 Å². The van der Waals surface area contributed by atoms with Crippen molar-refractivity contribution in [1.29, 1.82) is 0 Å². The molecule has 1 amide bonds. The van der Waals surface area contributed by atoms with E-state index in [1.54, 1.807) is 13.0 Å². The van der Waals surface area contributed by atoms with Gasteiger partial charge in [-0.05, 0) is 32.3 Å². The smallest absolute Gasteiger partial charge is 0.238 e. The Morgan fingerprint density at radius 1 is 1.38 bits per heavy atom. The zero-order chi connectivity index (χ0) is 20.2. The number of thioether (sulfide) groups is 1. The van der Waals surface area contributed by atoms with Crippen LogP contribution in [0.4, 0.5) is 5.82 Å². The Hall–Kier alpha value is -2.58. The Morgan fingerprint density at radius 2 is 2.21 bits per heavy atom. The molecule has 7 nitrogen and oxygen atoms in total. The highest BCUT2D eigenvalue weighted by molar-refractivity contribution is 8.00. The number of carbonyl (C=O) groups is 1. The number of hydrogen-bond donors (Lipinski definition) is 1. The highest BCUT2D eigenvalue weighted by atomic mass is 32.2. The fourth-order valence-corrected chi connectivity index (χ4v) is 4.22. The second-order valence-electron chi connectivity index (χ2n) is 7.11. The lowest BCUT2D eigenvalue weighted by Crippen LogP contribution is -2.23. The molecule has 2 aromatic heterocycles. The van der Waals surface area contributed by atoms with Crippen molar-refractivity contribution >= 4 is 23.5 Å². The maximum Gasteiger partial charge on any atom is 0.238 e. The Bertz CT molecular complexity index is 963. The largest absolute Gasteiger partial charge is 0.376 e. The molecule has 3 heterocycles. The van der Waals surface area contributed by atoms with E-state index in [-0.39, 0.29) is 17.3 Å². The molecular formula is C21H24N4O3S. The molecule has 1 fully saturated rings. The SMILES string of the molecule is Cc1cc(NC(=O)C(C)Sc2ncc(-c3ccccc3)n2CC2CCCO2)no1. The van der Waals surface area contributed by atoms with Crippen LogP contribution < -0.4 is 5.32 Å². The van der Waals surface area contributed by atoms with Gasteiger partial charge in [-0.2, -0.15) is 0 Å². The molecule has 1 N–H and O–H groups in total. The number of aromatic nitrogens is 3. The van der Waals surface area contributed by atoms with E-state index in [0.717, 1.165) is 42.4 Å². The van der Waals surface area contributed by atoms with Crippen LogP contribution in [0.2, 0.25) is 0 Å². The minimum absolute atomic E-state index is 0.142. The van der Waals surface area contributed by atoms with Crippen LogP contribution in [0.25, 0.3) is 11.3 Å². The van der Waals surface area contributed by atoms with Gasteiger partial charge in [0.05, 0.1) is 29.8 Å². The summed E-state index contributed by atoms with van der Waals surface area (Å²) in [5, 5.41) is 7.07. The zero-order valence-corrected chi connectivity index (χ0v) is 17.3. The Balaban J connectivity index is 1.54. The number of nitrogens with zero attached hydrogens (tertiary/aromatic N) is 3. The molecule has 29 heavy (non-hydrogen) atoms. The maximum absolute atomic E-state index is 12.6. The molecule has 4 rings (SSSR count). The summed E-state index contributed by atoms with van der Waals surface area (Å²) in [4.78, 5) is 17.2. The van der Waals surface area contributed by atoms with Gasteiger partial charge < -0.3 is 19.1 Å². The van der Waals surface area contributed by atoms with E-state index in [2.05, 4.69) is 32.2 Å². The summed E-state index contributed by atoms with van der Waals surface area (Å²) in [5.41, 5.74) is 2.13. The van der Waals surface area contributed by atoms with E-state index in [0.29, 0.717) is 11.6 Å². The predicted molar refractivity (Wildman–Crippen MR) is 112 cm³/mol. The summed E-state index contributed by atoms with van der Waals surface area (Å²) in [7, 11) is 0. The molecule has 3 aromatic rings. The van der Waals surface area contributed by atoms with E-state index in [1.165, 1.54) is 11.8 Å². The first kappa shape index (κ1) is 19.7. The van der Waals surface area contributed by atoms with E-state index in [1.807, 2.05) is 31.3 Å². The normalized spacial score (nSPS) is 17.4. The molecule has 1 saturated heterocycles. The lowest BCUT2D eigenvalue weighted by atomic mass is 10.1. The number of ether oxygens (including phenoxy) is 1. The maximum atomic E-state index is 12.6. The zero-order valence-electron chi connectivity index (χ0n) is 16.5. The average molecular weight is 413 g/mol. The first-order valence-electron chi connectivity index (χ1n) is 9.73. The van der Waals surface area contributed by atoms with Gasteiger partial charge in [-0.25, -0.2) is 4.98 Å². The molecule has 0 saturated carbocycles. The van der Waals surface area contributed by atoms with Crippen LogP contribution in [-0.2, 0) is 16.1 Å². The summed E-state index contributed by atoms with van der Waals surface area (Å²) < 4.78 is 13.0. The van der Waals surface area contributed by atoms with Crippen LogP contribution in [0.5, 0.6) is 0 Å². The summed E-state index contributed by atoms with van der Waals surface area (Å²) in [5.74, 6) is 0.934. The van der Waals surface area contributed by atoms with Gasteiger partial charge in [0.2, 0.25) is 5.91 Å². The number of nitrogens with one attached hydrogen (secondary N) is 1. The number of carbonyl (C=O) groups excluding carboxylic acids is 1. The van der Waals surface area contributed by atoms with Gasteiger partial charge in [-0.3, -0.25) is 4.79 Å². The summed E-state index contributed by atoms with van der Waals surface area (Å²) in [6.45, 7) is 5.18. The Morgan fingerprint density at radius 3 is 2.90 bits per heavy atom. The summed E-state index contributed by atoms with van der Waals surface area (Å²) in [6.07, 6.45) is 4.17. The van der Waals surface area contributed by atoms with Gasteiger partial charge in [0.1, 0.15) is 5.76 Å². The van der Waals surface area contributed by atoms with Crippen LogP contribution in [0, 0.1) is 6.92 Å². The molecule has 1 aliphatic heterocycles. The van der Waals surface area contributed by atoms with Gasteiger partial charge >= 0.3 is 0 Å². The number of rotatable bonds is 7. The first-order valence-corrected chi connectivity index (χ1v) is 10.6. The predicted octanol–water partition coefficient (Wildman–Crippen LogP) is 4.14. The van der Waals surface area contributed by atoms with Gasteiger partial charge in [0.15, 0.2) is 11.0 Å². The quantitative estimate of drug-likeness (QED) is 0.587. The van der Waals surface area contributed by atoms with Gasteiger partial charge in [0, 0.05) is 12.7 Å². The molecule has 0 bridgehead atoms. The number of benzene rings is 1. The van der Waals surface area contributed by atoms with Crippen molar-refractivity contribution < 1.29 is 14.1 Å². The van der Waals surface area contributed by atoms with Crippen LogP contribution in [0.3, 0.4) is 0 Å². The third-order valence-electron chi connectivity index (χ3n) is 4.83. The lowest BCUT2D eigenvalue weighted by Gasteiger charge is -2.17. The lowest BCUT2D eigenvalue weighted by molar-refractivity contribution is -0.115. The molecule has 152 valence electrons. The second kappa shape index (κ2) is 8.84. The summed E-state index contributed by atoms with van der Waals surface area (Å²) >= 11 is 1.43. The first-order chi connectivity index (χ1) is 14.1. The molecule has 2 unspecified atom stereocenters. The van der Waals surface area contributed by atoms with Crippen LogP contribution in [0.15, 0.2) is 52.3 Å². The fourth-order valence-electron chi connectivity index (χ4n) is 3.33. The minimum atomic E-state index is -0.346. The van der Waals surface area contributed by atoms with E-state index in [4.69, 9.17) is 9.26 Å². The molecule has 0 aliphatic carbocycles. The van der Waals surface area contributed by atoms with Gasteiger partial charge in [-0.15, -0.1) is 0 Å². The van der Waals surface area contributed by atoms with E-state index in [9.17, 15) is 4.79 Å². The van der Waals surface area contributed by atoms with E-state index >= 15 is 0 Å². The standard InChI is InChI=1S/C21H24N4O3S/c1-14-11-19(24-28-14)23-20(26)15(2)29-21-22-12-18(16-7-4-3-5-8-16)25(21)13-17-9-6-10-27-17/h3-5,7-8,11-12,15,17H,6,9-10,13H2,1-2H3,(H,23,24,26). The fraction of sp³-hybridized carbons (Fsp3) is 0.381. The Labute approximate surface area is 173 Å². The third-order valence-corrected chi connectivity index (χ3v) is 5.93. The molecule has 1 aromatic carbocycles. The van der Waals surface area contributed by atoms with Crippen LogP contribution in [0.1, 0.15) is 25.5 Å². The molecule has 1 aliphatic rings. The highest BCUT2D eigenvalue weighted by Crippen LogP contribution is 2.30. The minimum Gasteiger partial charge on any atom is -0.376 e. The molecule has 0 spiro atoms. The highest BCUT2D eigenvalue weighted by Gasteiger charge is 2.24. The topological polar surface area (TPSA) is 82.2 Å². The molecule has 8 heteroatoms. The van der Waals surface area contributed by atoms with Crippen molar-refractivity contribution in [3.05, 3.63) is 48.4 Å². The van der Waals surface area contributed by atoms with Gasteiger partial charge in [0.25, 0.3) is 0 Å². The number of hydrogen-bond acceptors (Lipinski definition) is 6. The van der Waals surface area contributed by atoms with E-state index < -0.39 is 0 Å². The molecule has 2 atom stereocenters. The number of imidazole rings is 1. The Kier molecular flexibility index (Phi) is 6.01. The van der Waals surface area contributed by atoms with Crippen molar-refractivity contribution in [2.75, 3.05) is 11.9 Å². The number of amides is 1. The monoisotopic (exact) mass is 412 g/mol. The third kappa shape index (κ3) is 4.71. The number of anilines is 1. The second-order valence-corrected chi connectivity index (χ2v) is 8.42. The average Bonchev–Trinajstić information content (AvgIpc) is 3.46. The van der Waals surface area contributed by atoms with Crippen molar-refractivity contribution in [3.8, 4) is 11.3 Å². The summed E-state index contributed by atoms with van der Waals surface area (Å²) in [6, 6.07) is 11.9. The number of aryl methyl sites for hydroxylation is 1. The van der Waals surface area contributed by atoms with Crippen molar-refractivity contribution in [2.24, 2.45) is 0 Å². The molecule has 0 radical (unpaired) electrons. The van der Waals surface area contributed by atoms with Crippen molar-refractivity contribution in [1.82, 2.24) is 14.7 Å². The van der Waals surface area contributed by atoms with Crippen LogP contribution >= 0.6 is 11.8 Å².